The maximum Gasteiger partial charge on any atom is 0.412 e. The van der Waals surface area contributed by atoms with E-state index in [9.17, 15) is 9.59 Å². The van der Waals surface area contributed by atoms with Crippen LogP contribution in [0.25, 0.3) is 0 Å². The van der Waals surface area contributed by atoms with Crippen molar-refractivity contribution in [3.63, 3.8) is 0 Å². The molecule has 2 aliphatic rings. The van der Waals surface area contributed by atoms with Crippen LogP contribution >= 0.6 is 11.6 Å². The smallest absolute Gasteiger partial charge is 0.412 e. The van der Waals surface area contributed by atoms with Crippen molar-refractivity contribution in [1.29, 1.82) is 0 Å². The molecule has 1 unspecified atom stereocenters. The molecule has 2 aromatic carbocycles. The highest BCUT2D eigenvalue weighted by atomic mass is 35.5. The number of hydrogen-bond donors (Lipinski definition) is 1. The van der Waals surface area contributed by atoms with Gasteiger partial charge in [0.1, 0.15) is 6.04 Å². The number of fused-ring (bicyclic) bond motifs is 2. The van der Waals surface area contributed by atoms with E-state index in [1.807, 2.05) is 30.3 Å². The van der Waals surface area contributed by atoms with E-state index in [0.717, 1.165) is 5.56 Å². The third-order valence-electron chi connectivity index (χ3n) is 6.49. The summed E-state index contributed by atoms with van der Waals surface area (Å²) >= 11 is 6.04. The molecule has 5 rings (SSSR count). The Bertz CT molecular complexity index is 1270. The van der Waals surface area contributed by atoms with Gasteiger partial charge in [0.2, 0.25) is 0 Å². The lowest BCUT2D eigenvalue weighted by molar-refractivity contribution is -0.0418. The second-order valence-corrected chi connectivity index (χ2v) is 9.12. The summed E-state index contributed by atoms with van der Waals surface area (Å²) in [7, 11) is 1.61. The maximum absolute atomic E-state index is 15.1. The number of anilines is 1. The fourth-order valence-corrected chi connectivity index (χ4v) is 5.06. The zero-order valence-corrected chi connectivity index (χ0v) is 19.8. The predicted molar refractivity (Wildman–Crippen MR) is 127 cm³/mol. The van der Waals surface area contributed by atoms with Crippen molar-refractivity contribution >= 4 is 29.3 Å². The standard InChI is InChI=1S/C25H24ClFN4O4/c1-34-14-20(16-6-3-2-4-7-16)31-13-17(12-28-31)23(32)30-11-5-10-25(15-30)21-19(29-24(33)35-25)9-8-18(26)22(21)27/h2-4,6-9,12-13,20H,5,10-11,14-15H2,1H3,(H,29,33)/t20?,25-/m0/s1. The molecule has 3 aromatic rings. The van der Waals surface area contributed by atoms with E-state index in [1.54, 1.807) is 29.0 Å². The molecule has 1 fully saturated rings. The molecular formula is C25H24ClFN4O4. The average molecular weight is 499 g/mol. The van der Waals surface area contributed by atoms with Crippen molar-refractivity contribution in [3.05, 3.63) is 82.4 Å². The maximum atomic E-state index is 15.1. The Morgan fingerprint density at radius 3 is 2.89 bits per heavy atom. The Morgan fingerprint density at radius 2 is 2.11 bits per heavy atom. The number of likely N-dealkylation sites (tertiary alicyclic amines) is 1. The van der Waals surface area contributed by atoms with Crippen molar-refractivity contribution in [2.45, 2.75) is 24.5 Å². The molecule has 35 heavy (non-hydrogen) atoms. The van der Waals surface area contributed by atoms with Crippen LogP contribution < -0.4 is 5.32 Å². The van der Waals surface area contributed by atoms with E-state index >= 15 is 4.39 Å². The third-order valence-corrected chi connectivity index (χ3v) is 6.79. The summed E-state index contributed by atoms with van der Waals surface area (Å²) in [5, 5.41) is 6.88. The summed E-state index contributed by atoms with van der Waals surface area (Å²) in [5.74, 6) is -0.935. The van der Waals surface area contributed by atoms with Gasteiger partial charge in [-0.2, -0.15) is 5.10 Å². The first-order valence-electron chi connectivity index (χ1n) is 11.3. The van der Waals surface area contributed by atoms with Gasteiger partial charge in [0.25, 0.3) is 5.91 Å². The van der Waals surface area contributed by atoms with Gasteiger partial charge in [-0.05, 0) is 30.5 Å². The number of benzene rings is 2. The molecule has 1 saturated heterocycles. The van der Waals surface area contributed by atoms with Gasteiger partial charge in [-0.15, -0.1) is 0 Å². The van der Waals surface area contributed by atoms with Gasteiger partial charge in [0.05, 0.1) is 41.2 Å². The number of aromatic nitrogens is 2. The van der Waals surface area contributed by atoms with Gasteiger partial charge in [0, 0.05) is 19.9 Å². The van der Waals surface area contributed by atoms with Gasteiger partial charge >= 0.3 is 6.09 Å². The van der Waals surface area contributed by atoms with Crippen molar-refractivity contribution in [2.24, 2.45) is 0 Å². The van der Waals surface area contributed by atoms with E-state index in [0.29, 0.717) is 37.2 Å². The Balaban J connectivity index is 1.43. The van der Waals surface area contributed by atoms with Gasteiger partial charge in [-0.1, -0.05) is 41.9 Å². The molecule has 0 bridgehead atoms. The van der Waals surface area contributed by atoms with Crippen LogP contribution in [0.4, 0.5) is 14.9 Å². The number of nitrogens with one attached hydrogen (secondary N) is 1. The highest BCUT2D eigenvalue weighted by Crippen LogP contribution is 2.45. The SMILES string of the molecule is COCC(c1ccccc1)n1cc(C(=O)N2CCC[C@@]3(C2)OC(=O)Nc2ccc(Cl)c(F)c23)cn1. The van der Waals surface area contributed by atoms with Crippen LogP contribution in [0.15, 0.2) is 54.9 Å². The molecule has 10 heteroatoms. The van der Waals surface area contributed by atoms with Crippen molar-refractivity contribution in [1.82, 2.24) is 14.7 Å². The number of carbonyl (C=O) groups excluding carboxylic acids is 2. The van der Waals surface area contributed by atoms with Gasteiger partial charge in [-0.3, -0.25) is 14.8 Å². The lowest BCUT2D eigenvalue weighted by Gasteiger charge is -2.45. The first-order chi connectivity index (χ1) is 16.9. The minimum absolute atomic E-state index is 0.00881. The fraction of sp³-hybridized carbons (Fsp3) is 0.320. The number of piperidine rings is 1. The monoisotopic (exact) mass is 498 g/mol. The number of nitrogens with zero attached hydrogens (tertiary/aromatic N) is 3. The molecule has 8 nitrogen and oxygen atoms in total. The molecule has 1 spiro atoms. The topological polar surface area (TPSA) is 85.7 Å². The first kappa shape index (κ1) is 23.3. The summed E-state index contributed by atoms with van der Waals surface area (Å²) < 4.78 is 27.9. The van der Waals surface area contributed by atoms with Crippen LogP contribution in [-0.2, 0) is 15.1 Å². The fourth-order valence-electron chi connectivity index (χ4n) is 4.91. The van der Waals surface area contributed by atoms with Crippen LogP contribution in [0.1, 0.15) is 40.4 Å². The third kappa shape index (κ3) is 4.26. The van der Waals surface area contributed by atoms with E-state index in [2.05, 4.69) is 10.4 Å². The molecule has 0 saturated carbocycles. The average Bonchev–Trinajstić information content (AvgIpc) is 3.34. The number of amides is 2. The molecule has 3 heterocycles. The largest absolute Gasteiger partial charge is 0.436 e. The number of ether oxygens (including phenoxy) is 2. The Kier molecular flexibility index (Phi) is 6.21. The number of hydrogen-bond acceptors (Lipinski definition) is 5. The van der Waals surface area contributed by atoms with E-state index in [1.165, 1.54) is 12.3 Å². The summed E-state index contributed by atoms with van der Waals surface area (Å²) in [4.78, 5) is 27.3. The Labute approximate surface area is 206 Å². The second-order valence-electron chi connectivity index (χ2n) is 8.71. The molecular weight excluding hydrogens is 475 g/mol. The summed E-state index contributed by atoms with van der Waals surface area (Å²) in [6.07, 6.45) is 3.40. The van der Waals surface area contributed by atoms with Crippen molar-refractivity contribution < 1.29 is 23.5 Å². The van der Waals surface area contributed by atoms with E-state index in [4.69, 9.17) is 21.1 Å². The summed E-state index contributed by atoms with van der Waals surface area (Å²) in [6.45, 7) is 0.829. The minimum atomic E-state index is -1.32. The normalized spacial score (nSPS) is 20.2. The molecule has 2 atom stereocenters. The molecule has 1 aromatic heterocycles. The molecule has 0 radical (unpaired) electrons. The highest BCUT2D eigenvalue weighted by Gasteiger charge is 2.48. The number of rotatable bonds is 5. The number of halogens is 2. The Hall–Kier alpha value is -3.43. The summed E-state index contributed by atoms with van der Waals surface area (Å²) in [5.41, 5.74) is 0.529. The van der Waals surface area contributed by atoms with E-state index in [-0.39, 0.29) is 29.1 Å². The van der Waals surface area contributed by atoms with Gasteiger partial charge in [-0.25, -0.2) is 9.18 Å². The molecule has 0 aliphatic carbocycles. The van der Waals surface area contributed by atoms with Gasteiger partial charge < -0.3 is 14.4 Å². The lowest BCUT2D eigenvalue weighted by Crippen LogP contribution is -2.53. The molecule has 1 N–H and O–H groups in total. The van der Waals surface area contributed by atoms with E-state index < -0.39 is 17.5 Å². The number of carbonyl (C=O) groups is 2. The lowest BCUT2D eigenvalue weighted by atomic mass is 9.83. The van der Waals surface area contributed by atoms with Crippen LogP contribution in [-0.4, -0.2) is 53.5 Å². The predicted octanol–water partition coefficient (Wildman–Crippen LogP) is 4.61. The Morgan fingerprint density at radius 1 is 1.31 bits per heavy atom. The van der Waals surface area contributed by atoms with Crippen molar-refractivity contribution in [3.8, 4) is 0 Å². The van der Waals surface area contributed by atoms with Crippen LogP contribution in [0.3, 0.4) is 0 Å². The molecule has 2 aliphatic heterocycles. The minimum Gasteiger partial charge on any atom is -0.436 e. The summed E-state index contributed by atoms with van der Waals surface area (Å²) in [6, 6.07) is 12.5. The molecule has 182 valence electrons. The first-order valence-corrected chi connectivity index (χ1v) is 11.7. The zero-order chi connectivity index (χ0) is 24.6. The number of methoxy groups -OCH3 is 1. The van der Waals surface area contributed by atoms with Crippen molar-refractivity contribution in [2.75, 3.05) is 32.1 Å². The second kappa shape index (κ2) is 9.31. The van der Waals surface area contributed by atoms with Crippen LogP contribution in [0.5, 0.6) is 0 Å². The van der Waals surface area contributed by atoms with Crippen LogP contribution in [0, 0.1) is 5.82 Å². The highest BCUT2D eigenvalue weighted by molar-refractivity contribution is 6.31. The van der Waals surface area contributed by atoms with Gasteiger partial charge in [0.15, 0.2) is 11.4 Å². The zero-order valence-electron chi connectivity index (χ0n) is 19.0. The van der Waals surface area contributed by atoms with Crippen LogP contribution in [0.2, 0.25) is 5.02 Å². The molecule has 2 amide bonds. The quantitative estimate of drug-likeness (QED) is 0.555.